The molecule has 2 aliphatic heterocycles. The van der Waals surface area contributed by atoms with Crippen LogP contribution >= 0.6 is 0 Å². The molecule has 0 atom stereocenters. The Morgan fingerprint density at radius 3 is 1.94 bits per heavy atom. The molecule has 0 spiro atoms. The lowest BCUT2D eigenvalue weighted by atomic mass is 9.88. The largest absolute Gasteiger partial charge is 0.489 e. The predicted octanol–water partition coefficient (Wildman–Crippen LogP) is 6.71. The summed E-state index contributed by atoms with van der Waals surface area (Å²) in [7, 11) is -9.51. The predicted molar refractivity (Wildman–Crippen MR) is 207 cm³/mol. The third-order valence-corrected chi connectivity index (χ3v) is 12.7. The van der Waals surface area contributed by atoms with Gasteiger partial charge in [-0.15, -0.1) is 0 Å². The van der Waals surface area contributed by atoms with E-state index < -0.39 is 25.1 Å². The van der Waals surface area contributed by atoms with Crippen LogP contribution in [-0.2, 0) is 39.9 Å². The maximum Gasteiger partial charge on any atom is 0.295 e. The van der Waals surface area contributed by atoms with Crippen molar-refractivity contribution in [2.75, 3.05) is 26.2 Å². The molecule has 11 nitrogen and oxygen atoms in total. The van der Waals surface area contributed by atoms with E-state index in [0.717, 1.165) is 81.5 Å². The number of amides is 1. The number of nitrogens with one attached hydrogen (secondary N) is 1. The van der Waals surface area contributed by atoms with Gasteiger partial charge in [-0.05, 0) is 92.5 Å². The molecule has 2 heterocycles. The monoisotopic (exact) mass is 773 g/mol. The fourth-order valence-electron chi connectivity index (χ4n) is 8.09. The molecule has 1 amide bonds. The van der Waals surface area contributed by atoms with Crippen LogP contribution in [0, 0.1) is 20.8 Å². The van der Waals surface area contributed by atoms with Crippen LogP contribution in [0.1, 0.15) is 75.8 Å². The van der Waals surface area contributed by atoms with Crippen LogP contribution in [0.15, 0.2) is 70.5 Å². The van der Waals surface area contributed by atoms with Gasteiger partial charge in [-0.2, -0.15) is 16.8 Å². The molecule has 1 aliphatic carbocycles. The van der Waals surface area contributed by atoms with Crippen LogP contribution in [0.4, 0.5) is 0 Å². The molecular formula is C41H47N3O8S2. The molecule has 7 rings (SSSR count). The summed E-state index contributed by atoms with van der Waals surface area (Å²) in [6, 6.07) is 16.9. The number of ether oxygens (including phenoxy) is 1. The first kappa shape index (κ1) is 38.2. The molecule has 1 saturated heterocycles. The molecule has 13 heteroatoms. The number of carbonyl (C=O) groups excluding carboxylic acids is 1. The van der Waals surface area contributed by atoms with Gasteiger partial charge in [0.2, 0.25) is 0 Å². The Hall–Kier alpha value is -4.11. The molecule has 4 aromatic carbocycles. The van der Waals surface area contributed by atoms with Crippen LogP contribution in [0.5, 0.6) is 5.75 Å². The van der Waals surface area contributed by atoms with Crippen LogP contribution in [-0.4, -0.2) is 73.9 Å². The van der Waals surface area contributed by atoms with Crippen molar-refractivity contribution in [2.24, 2.45) is 0 Å². The quantitative estimate of drug-likeness (QED) is 0.157. The van der Waals surface area contributed by atoms with Gasteiger partial charge in [-0.3, -0.25) is 18.8 Å². The molecule has 54 heavy (non-hydrogen) atoms. The van der Waals surface area contributed by atoms with E-state index in [0.29, 0.717) is 35.3 Å². The Balaban J connectivity index is 1.43. The Labute approximate surface area is 317 Å². The summed E-state index contributed by atoms with van der Waals surface area (Å²) in [5.74, 6) is -0.160. The number of hydrogen-bond donors (Lipinski definition) is 3. The lowest BCUT2D eigenvalue weighted by Gasteiger charge is -2.29. The molecule has 0 unspecified atom stereocenters. The number of nitrogens with zero attached hydrogens (tertiary/aromatic N) is 2. The molecule has 1 saturated carbocycles. The molecule has 0 bridgehead atoms. The minimum atomic E-state index is -4.80. The summed E-state index contributed by atoms with van der Waals surface area (Å²) in [6.07, 6.45) is 4.19. The normalized spacial score (nSPS) is 17.1. The lowest BCUT2D eigenvalue weighted by Crippen LogP contribution is -2.42. The van der Waals surface area contributed by atoms with Crippen LogP contribution in [0.3, 0.4) is 0 Å². The van der Waals surface area contributed by atoms with Crippen molar-refractivity contribution in [1.82, 2.24) is 15.1 Å². The van der Waals surface area contributed by atoms with Crippen molar-refractivity contribution in [3.05, 3.63) is 99.6 Å². The summed E-state index contributed by atoms with van der Waals surface area (Å²) >= 11 is 0. The van der Waals surface area contributed by atoms with Crippen molar-refractivity contribution in [2.45, 2.75) is 88.4 Å². The maximum atomic E-state index is 15.2. The SMILES string of the molecule is Cc1ccc(S(=O)(=O)O)c(-c2cc(-c3cc(C)ccc3S(=O)(=O)O)c(C(=O)N3Cc4ccc(CN5CCNCC5)cc4C3)c(OC3CCCCC3)c2C)c1. The van der Waals surface area contributed by atoms with E-state index in [1.54, 1.807) is 56.0 Å². The van der Waals surface area contributed by atoms with Gasteiger partial charge in [0, 0.05) is 62.5 Å². The van der Waals surface area contributed by atoms with Gasteiger partial charge in [-0.25, -0.2) is 0 Å². The molecule has 286 valence electrons. The summed E-state index contributed by atoms with van der Waals surface area (Å²) in [4.78, 5) is 18.6. The molecular weight excluding hydrogens is 727 g/mol. The van der Waals surface area contributed by atoms with Crippen LogP contribution in [0.2, 0.25) is 0 Å². The fourth-order valence-corrected chi connectivity index (χ4v) is 9.47. The third kappa shape index (κ3) is 7.98. The Morgan fingerprint density at radius 2 is 1.33 bits per heavy atom. The van der Waals surface area contributed by atoms with E-state index in [9.17, 15) is 25.9 Å². The highest BCUT2D eigenvalue weighted by molar-refractivity contribution is 7.86. The van der Waals surface area contributed by atoms with Gasteiger partial charge < -0.3 is 15.0 Å². The number of piperazine rings is 1. The first-order valence-electron chi connectivity index (χ1n) is 18.5. The van der Waals surface area contributed by atoms with Crippen molar-refractivity contribution < 1.29 is 35.5 Å². The van der Waals surface area contributed by atoms with E-state index in [-0.39, 0.29) is 44.9 Å². The third-order valence-electron chi connectivity index (χ3n) is 10.9. The number of aryl methyl sites for hydroxylation is 2. The van der Waals surface area contributed by atoms with Gasteiger partial charge in [0.15, 0.2) is 0 Å². The van der Waals surface area contributed by atoms with Gasteiger partial charge >= 0.3 is 0 Å². The van der Waals surface area contributed by atoms with Crippen molar-refractivity contribution in [1.29, 1.82) is 0 Å². The van der Waals surface area contributed by atoms with Crippen molar-refractivity contribution >= 4 is 26.1 Å². The van der Waals surface area contributed by atoms with Crippen molar-refractivity contribution in [3.8, 4) is 28.0 Å². The molecule has 0 radical (unpaired) electrons. The van der Waals surface area contributed by atoms with Crippen LogP contribution < -0.4 is 10.1 Å². The molecule has 3 aliphatic rings. The van der Waals surface area contributed by atoms with Crippen LogP contribution in [0.25, 0.3) is 22.3 Å². The minimum absolute atomic E-state index is 0.0756. The van der Waals surface area contributed by atoms with Gasteiger partial charge in [0.1, 0.15) is 15.5 Å². The first-order chi connectivity index (χ1) is 25.7. The Bertz CT molecular complexity index is 2330. The zero-order valence-electron chi connectivity index (χ0n) is 30.9. The summed E-state index contributed by atoms with van der Waals surface area (Å²) in [5, 5.41) is 3.38. The molecule has 0 aromatic heterocycles. The van der Waals surface area contributed by atoms with E-state index in [2.05, 4.69) is 28.4 Å². The number of carbonyl (C=O) groups is 1. The summed E-state index contributed by atoms with van der Waals surface area (Å²) < 4.78 is 79.2. The fraction of sp³-hybridized carbons (Fsp3) is 0.390. The average molecular weight is 774 g/mol. The van der Waals surface area contributed by atoms with Gasteiger partial charge in [-0.1, -0.05) is 60.0 Å². The summed E-state index contributed by atoms with van der Waals surface area (Å²) in [6.45, 7) is 10.6. The zero-order chi connectivity index (χ0) is 38.4. The highest BCUT2D eigenvalue weighted by Crippen LogP contribution is 2.46. The average Bonchev–Trinajstić information content (AvgIpc) is 3.55. The molecule has 4 aromatic rings. The lowest BCUT2D eigenvalue weighted by molar-refractivity contribution is 0.0741. The second-order valence-corrected chi connectivity index (χ2v) is 17.7. The maximum absolute atomic E-state index is 15.2. The number of rotatable bonds is 9. The Kier molecular flexibility index (Phi) is 10.7. The van der Waals surface area contributed by atoms with E-state index in [1.165, 1.54) is 12.1 Å². The number of benzene rings is 4. The highest BCUT2D eigenvalue weighted by Gasteiger charge is 2.34. The number of fused-ring (bicyclic) bond motifs is 1. The second-order valence-electron chi connectivity index (χ2n) is 14.9. The van der Waals surface area contributed by atoms with Gasteiger partial charge in [0.05, 0.1) is 11.7 Å². The van der Waals surface area contributed by atoms with Gasteiger partial charge in [0.25, 0.3) is 26.1 Å². The molecule has 2 fully saturated rings. The smallest absolute Gasteiger partial charge is 0.295 e. The first-order valence-corrected chi connectivity index (χ1v) is 21.4. The van der Waals surface area contributed by atoms with E-state index in [4.69, 9.17) is 4.74 Å². The molecule has 3 N–H and O–H groups in total. The topological polar surface area (TPSA) is 154 Å². The van der Waals surface area contributed by atoms with Crippen molar-refractivity contribution in [3.63, 3.8) is 0 Å². The second kappa shape index (κ2) is 15.2. The zero-order valence-corrected chi connectivity index (χ0v) is 32.5. The summed E-state index contributed by atoms with van der Waals surface area (Å²) in [5.41, 5.74) is 5.97. The number of hydrogen-bond acceptors (Lipinski definition) is 8. The Morgan fingerprint density at radius 1 is 0.741 bits per heavy atom. The minimum Gasteiger partial charge on any atom is -0.489 e. The van der Waals surface area contributed by atoms with E-state index >= 15 is 4.79 Å². The van der Waals surface area contributed by atoms with E-state index in [1.807, 2.05) is 0 Å². The highest BCUT2D eigenvalue weighted by atomic mass is 32.2. The standard InChI is InChI=1S/C41H47N3O8S2/c1-26-9-13-37(53(46,47)48)34(19-26)33-22-36(35-20-27(2)10-14-38(35)54(49,50)51)39(40(28(33)3)52-32-7-5-4-6-8-32)41(45)44-24-30-12-11-29(21-31(30)25-44)23-43-17-15-42-16-18-43/h9-14,19-22,32,42H,4-8,15-18,23-25H2,1-3H3,(H,46,47,48)(H,49,50,51).